The first kappa shape index (κ1) is 19.3. The lowest BCUT2D eigenvalue weighted by molar-refractivity contribution is -0.139. The molecule has 27 heavy (non-hydrogen) atoms. The molecule has 0 spiro atoms. The molecule has 3 rings (SSSR count). The van der Waals surface area contributed by atoms with Gasteiger partial charge in [-0.3, -0.25) is 4.79 Å². The molecule has 1 amide bonds. The molecule has 2 aromatic rings. The van der Waals surface area contributed by atoms with Gasteiger partial charge in [0.2, 0.25) is 5.91 Å². The van der Waals surface area contributed by atoms with Crippen molar-refractivity contribution < 1.29 is 23.8 Å². The van der Waals surface area contributed by atoms with Crippen LogP contribution in [-0.2, 0) is 16.0 Å². The van der Waals surface area contributed by atoms with Crippen molar-refractivity contribution in [2.24, 2.45) is 0 Å². The molecule has 0 saturated carbocycles. The number of carbonyl (C=O) groups is 2. The van der Waals surface area contributed by atoms with E-state index < -0.39 is 11.8 Å². The van der Waals surface area contributed by atoms with Crippen molar-refractivity contribution in [3.05, 3.63) is 70.0 Å². The Morgan fingerprint density at radius 3 is 2.63 bits per heavy atom. The molecule has 0 radical (unpaired) electrons. The largest absolute Gasteiger partial charge is 0.478 e. The molecular weight excluding hydrogens is 373 g/mol. The summed E-state index contributed by atoms with van der Waals surface area (Å²) in [6.07, 6.45) is 0.516. The Kier molecular flexibility index (Phi) is 6.08. The van der Waals surface area contributed by atoms with E-state index in [9.17, 15) is 14.0 Å². The first-order valence-electron chi connectivity index (χ1n) is 8.60. The summed E-state index contributed by atoms with van der Waals surface area (Å²) in [5.74, 6) is -1.46. The first-order chi connectivity index (χ1) is 12.9. The van der Waals surface area contributed by atoms with Crippen molar-refractivity contribution >= 4 is 23.5 Å². The zero-order chi connectivity index (χ0) is 19.4. The van der Waals surface area contributed by atoms with Gasteiger partial charge < -0.3 is 14.7 Å². The van der Waals surface area contributed by atoms with Crippen LogP contribution in [0.1, 0.15) is 34.0 Å². The van der Waals surface area contributed by atoms with Gasteiger partial charge in [-0.25, -0.2) is 9.18 Å². The number of aryl methyl sites for hydroxylation is 1. The Morgan fingerprint density at radius 1 is 1.22 bits per heavy atom. The molecule has 0 aliphatic carbocycles. The van der Waals surface area contributed by atoms with Crippen molar-refractivity contribution in [2.45, 2.75) is 18.9 Å². The lowest BCUT2D eigenvalue weighted by Gasteiger charge is -2.33. The predicted molar refractivity (Wildman–Crippen MR) is 98.4 cm³/mol. The van der Waals surface area contributed by atoms with Crippen molar-refractivity contribution in [2.75, 3.05) is 19.7 Å². The number of carbonyl (C=O) groups excluding carboxylic acids is 1. The number of ether oxygens (including phenoxy) is 1. The van der Waals surface area contributed by atoms with Gasteiger partial charge in [0.15, 0.2) is 0 Å². The van der Waals surface area contributed by atoms with E-state index in [-0.39, 0.29) is 22.6 Å². The molecule has 0 bridgehead atoms. The maximum Gasteiger partial charge on any atom is 0.335 e. The summed E-state index contributed by atoms with van der Waals surface area (Å²) in [4.78, 5) is 25.1. The van der Waals surface area contributed by atoms with Crippen LogP contribution in [0.5, 0.6) is 0 Å². The molecule has 1 heterocycles. The molecule has 1 N–H and O–H groups in total. The SMILES string of the molecule is O=C(O)c1ccc(CCC(=O)N2CCOC(c3ccc(F)c(Cl)c3)C2)cc1. The molecule has 1 unspecified atom stereocenters. The molecule has 1 aliphatic heterocycles. The van der Waals surface area contributed by atoms with E-state index in [1.807, 2.05) is 0 Å². The number of carboxylic acid groups (broad SMARTS) is 1. The Hall–Kier alpha value is -2.44. The maximum absolute atomic E-state index is 13.3. The van der Waals surface area contributed by atoms with Gasteiger partial charge in [-0.05, 0) is 41.8 Å². The van der Waals surface area contributed by atoms with Crippen LogP contribution in [-0.4, -0.2) is 41.6 Å². The molecule has 5 nitrogen and oxygen atoms in total. The minimum atomic E-state index is -0.974. The van der Waals surface area contributed by atoms with Gasteiger partial charge in [0, 0.05) is 13.0 Å². The predicted octanol–water partition coefficient (Wildman–Crippen LogP) is 3.71. The zero-order valence-electron chi connectivity index (χ0n) is 14.5. The minimum Gasteiger partial charge on any atom is -0.478 e. The van der Waals surface area contributed by atoms with E-state index in [4.69, 9.17) is 21.4 Å². The van der Waals surface area contributed by atoms with Gasteiger partial charge in [0.1, 0.15) is 11.9 Å². The summed E-state index contributed by atoms with van der Waals surface area (Å²) in [6.45, 7) is 1.29. The fraction of sp³-hybridized carbons (Fsp3) is 0.300. The number of nitrogens with zero attached hydrogens (tertiary/aromatic N) is 1. The number of benzene rings is 2. The zero-order valence-corrected chi connectivity index (χ0v) is 15.3. The van der Waals surface area contributed by atoms with Crippen LogP contribution >= 0.6 is 11.6 Å². The summed E-state index contributed by atoms with van der Waals surface area (Å²) in [7, 11) is 0. The Bertz CT molecular complexity index is 840. The van der Waals surface area contributed by atoms with Gasteiger partial charge in [-0.1, -0.05) is 29.8 Å². The lowest BCUT2D eigenvalue weighted by atomic mass is 10.1. The summed E-state index contributed by atoms with van der Waals surface area (Å²) in [5, 5.41) is 8.95. The minimum absolute atomic E-state index is 0.00109. The summed E-state index contributed by atoms with van der Waals surface area (Å²) in [6, 6.07) is 10.9. The Balaban J connectivity index is 1.57. The second-order valence-corrected chi connectivity index (χ2v) is 6.78. The van der Waals surface area contributed by atoms with Gasteiger partial charge in [-0.2, -0.15) is 0 Å². The molecule has 1 saturated heterocycles. The summed E-state index contributed by atoms with van der Waals surface area (Å²) in [5.41, 5.74) is 1.87. The first-order valence-corrected chi connectivity index (χ1v) is 8.98. The number of halogens is 2. The number of carboxylic acids is 1. The molecule has 0 aromatic heterocycles. The standard InChI is InChI=1S/C20H19ClFNO4/c21-16-11-15(6-7-17(16)22)18-12-23(9-10-27-18)19(24)8-3-13-1-4-14(5-2-13)20(25)26/h1-2,4-7,11,18H,3,8-10,12H2,(H,25,26). The van der Waals surface area contributed by atoms with E-state index in [0.717, 1.165) is 11.1 Å². The van der Waals surface area contributed by atoms with Crippen LogP contribution in [0.4, 0.5) is 4.39 Å². The smallest absolute Gasteiger partial charge is 0.335 e. The van der Waals surface area contributed by atoms with E-state index in [0.29, 0.717) is 32.5 Å². The number of amides is 1. The highest BCUT2D eigenvalue weighted by Crippen LogP contribution is 2.26. The topological polar surface area (TPSA) is 66.8 Å². The molecule has 1 atom stereocenters. The van der Waals surface area contributed by atoms with Gasteiger partial charge in [0.25, 0.3) is 0 Å². The van der Waals surface area contributed by atoms with Crippen LogP contribution in [0.3, 0.4) is 0 Å². The molecule has 7 heteroatoms. The van der Waals surface area contributed by atoms with Gasteiger partial charge >= 0.3 is 5.97 Å². The average Bonchev–Trinajstić information content (AvgIpc) is 2.68. The fourth-order valence-corrected chi connectivity index (χ4v) is 3.20. The lowest BCUT2D eigenvalue weighted by Crippen LogP contribution is -2.42. The summed E-state index contributed by atoms with van der Waals surface area (Å²) < 4.78 is 19.0. The maximum atomic E-state index is 13.3. The third-order valence-electron chi connectivity index (χ3n) is 4.56. The monoisotopic (exact) mass is 391 g/mol. The van der Waals surface area contributed by atoms with Gasteiger partial charge in [0.05, 0.1) is 23.7 Å². The second-order valence-electron chi connectivity index (χ2n) is 6.37. The summed E-state index contributed by atoms with van der Waals surface area (Å²) >= 11 is 5.83. The van der Waals surface area contributed by atoms with Crippen molar-refractivity contribution in [3.63, 3.8) is 0 Å². The van der Waals surface area contributed by atoms with E-state index in [1.54, 1.807) is 23.1 Å². The van der Waals surface area contributed by atoms with E-state index >= 15 is 0 Å². The molecule has 1 fully saturated rings. The third-order valence-corrected chi connectivity index (χ3v) is 4.85. The number of rotatable bonds is 5. The highest BCUT2D eigenvalue weighted by molar-refractivity contribution is 6.30. The highest BCUT2D eigenvalue weighted by Gasteiger charge is 2.25. The quantitative estimate of drug-likeness (QED) is 0.843. The van der Waals surface area contributed by atoms with E-state index in [1.165, 1.54) is 24.3 Å². The number of hydrogen-bond donors (Lipinski definition) is 1. The van der Waals surface area contributed by atoms with E-state index in [2.05, 4.69) is 0 Å². The Labute approximate surface area is 161 Å². The molecular formula is C20H19ClFNO4. The van der Waals surface area contributed by atoms with Crippen LogP contribution in [0, 0.1) is 5.82 Å². The highest BCUT2D eigenvalue weighted by atomic mass is 35.5. The van der Waals surface area contributed by atoms with Crippen molar-refractivity contribution in [3.8, 4) is 0 Å². The Morgan fingerprint density at radius 2 is 1.96 bits per heavy atom. The number of hydrogen-bond acceptors (Lipinski definition) is 3. The van der Waals surface area contributed by atoms with Gasteiger partial charge in [-0.15, -0.1) is 0 Å². The number of aromatic carboxylic acids is 1. The third kappa shape index (κ3) is 4.84. The second kappa shape index (κ2) is 8.50. The van der Waals surface area contributed by atoms with Crippen molar-refractivity contribution in [1.29, 1.82) is 0 Å². The van der Waals surface area contributed by atoms with Crippen LogP contribution in [0.25, 0.3) is 0 Å². The number of morpholine rings is 1. The normalized spacial score (nSPS) is 17.0. The molecule has 2 aromatic carbocycles. The fourth-order valence-electron chi connectivity index (χ4n) is 3.01. The average molecular weight is 392 g/mol. The van der Waals surface area contributed by atoms with Crippen LogP contribution in [0.2, 0.25) is 5.02 Å². The van der Waals surface area contributed by atoms with Crippen molar-refractivity contribution in [1.82, 2.24) is 4.90 Å². The van der Waals surface area contributed by atoms with Crippen LogP contribution in [0.15, 0.2) is 42.5 Å². The van der Waals surface area contributed by atoms with Crippen LogP contribution < -0.4 is 0 Å². The molecule has 142 valence electrons. The molecule has 1 aliphatic rings.